The van der Waals surface area contributed by atoms with E-state index in [9.17, 15) is 4.79 Å². The van der Waals surface area contributed by atoms with Crippen molar-refractivity contribution in [2.75, 3.05) is 19.7 Å². The number of fused-ring (bicyclic) bond motifs is 1. The molecule has 0 radical (unpaired) electrons. The number of carbonyl (C=O) groups excluding carboxylic acids is 1. The van der Waals surface area contributed by atoms with Crippen LogP contribution < -0.4 is 4.74 Å². The van der Waals surface area contributed by atoms with Crippen LogP contribution in [0.2, 0.25) is 0 Å². The van der Waals surface area contributed by atoms with Crippen molar-refractivity contribution < 1.29 is 14.1 Å². The van der Waals surface area contributed by atoms with Gasteiger partial charge in [-0.05, 0) is 37.1 Å². The minimum atomic E-state index is 0.153. The second kappa shape index (κ2) is 8.00. The van der Waals surface area contributed by atoms with Crippen LogP contribution in [0.25, 0.3) is 11.0 Å². The number of nitrogens with zero attached hydrogens (tertiary/aromatic N) is 5. The largest absolute Gasteiger partial charge is 0.476 e. The predicted octanol–water partition coefficient (Wildman–Crippen LogP) is 2.69. The third-order valence-corrected chi connectivity index (χ3v) is 5.28. The number of rotatable bonds is 6. The van der Waals surface area contributed by atoms with E-state index in [0.29, 0.717) is 37.0 Å². The van der Waals surface area contributed by atoms with E-state index in [0.717, 1.165) is 42.7 Å². The molecule has 0 bridgehead atoms. The average Bonchev–Trinajstić information content (AvgIpc) is 3.31. The molecule has 0 atom stereocenters. The zero-order valence-electron chi connectivity index (χ0n) is 16.3. The molecule has 1 fully saturated rings. The highest BCUT2D eigenvalue weighted by molar-refractivity contribution is 5.79. The SMILES string of the molecule is CCOc1cc(CCC(=O)N2CCC(c3nn(C)c4ncccc34)CC2)on1. The van der Waals surface area contributed by atoms with Gasteiger partial charge in [-0.2, -0.15) is 5.10 Å². The Morgan fingerprint density at radius 1 is 1.36 bits per heavy atom. The highest BCUT2D eigenvalue weighted by Crippen LogP contribution is 2.31. The van der Waals surface area contributed by atoms with Gasteiger partial charge in [-0.25, -0.2) is 4.98 Å². The second-order valence-electron chi connectivity index (χ2n) is 7.10. The van der Waals surface area contributed by atoms with Crippen LogP contribution in [-0.4, -0.2) is 50.4 Å². The van der Waals surface area contributed by atoms with Gasteiger partial charge < -0.3 is 14.2 Å². The fourth-order valence-corrected chi connectivity index (χ4v) is 3.84. The van der Waals surface area contributed by atoms with E-state index in [1.54, 1.807) is 12.3 Å². The van der Waals surface area contributed by atoms with Crippen molar-refractivity contribution >= 4 is 16.9 Å². The maximum absolute atomic E-state index is 12.6. The molecule has 8 nitrogen and oxygen atoms in total. The lowest BCUT2D eigenvalue weighted by molar-refractivity contribution is -0.132. The number of amides is 1. The van der Waals surface area contributed by atoms with E-state index in [1.165, 1.54) is 0 Å². The molecule has 0 saturated carbocycles. The molecule has 3 aromatic rings. The zero-order chi connectivity index (χ0) is 19.5. The summed E-state index contributed by atoms with van der Waals surface area (Å²) in [4.78, 5) is 18.9. The highest BCUT2D eigenvalue weighted by Gasteiger charge is 2.27. The van der Waals surface area contributed by atoms with E-state index < -0.39 is 0 Å². The van der Waals surface area contributed by atoms with Crippen LogP contribution in [0.3, 0.4) is 0 Å². The summed E-state index contributed by atoms with van der Waals surface area (Å²) in [5.74, 6) is 1.67. The van der Waals surface area contributed by atoms with Crippen LogP contribution >= 0.6 is 0 Å². The van der Waals surface area contributed by atoms with Crippen LogP contribution in [0.4, 0.5) is 0 Å². The van der Waals surface area contributed by atoms with Gasteiger partial charge in [0.05, 0.1) is 12.3 Å². The highest BCUT2D eigenvalue weighted by atomic mass is 16.5. The first-order chi connectivity index (χ1) is 13.7. The van der Waals surface area contributed by atoms with Crippen molar-refractivity contribution in [3.63, 3.8) is 0 Å². The van der Waals surface area contributed by atoms with Crippen LogP contribution in [0.15, 0.2) is 28.9 Å². The number of carbonyl (C=O) groups is 1. The van der Waals surface area contributed by atoms with Gasteiger partial charge in [0.15, 0.2) is 5.65 Å². The second-order valence-corrected chi connectivity index (χ2v) is 7.10. The maximum atomic E-state index is 12.6. The molecular formula is C20H25N5O3. The number of hydrogen-bond donors (Lipinski definition) is 0. The third-order valence-electron chi connectivity index (χ3n) is 5.28. The number of hydrogen-bond acceptors (Lipinski definition) is 6. The van der Waals surface area contributed by atoms with Crippen LogP contribution in [0.1, 0.15) is 43.6 Å². The van der Waals surface area contributed by atoms with Crippen molar-refractivity contribution in [3.8, 4) is 5.88 Å². The summed E-state index contributed by atoms with van der Waals surface area (Å²) >= 11 is 0. The van der Waals surface area contributed by atoms with Gasteiger partial charge >= 0.3 is 0 Å². The molecule has 3 aromatic heterocycles. The summed E-state index contributed by atoms with van der Waals surface area (Å²) in [6.45, 7) is 3.94. The van der Waals surface area contributed by atoms with Crippen molar-refractivity contribution in [3.05, 3.63) is 35.9 Å². The van der Waals surface area contributed by atoms with Crippen LogP contribution in [0.5, 0.6) is 5.88 Å². The minimum absolute atomic E-state index is 0.153. The van der Waals surface area contributed by atoms with E-state index in [2.05, 4.69) is 16.2 Å². The summed E-state index contributed by atoms with van der Waals surface area (Å²) in [6.07, 6.45) is 4.59. The molecule has 1 aliphatic rings. The molecule has 0 aliphatic carbocycles. The number of ether oxygens (including phenoxy) is 1. The van der Waals surface area contributed by atoms with E-state index in [-0.39, 0.29) is 5.91 Å². The molecule has 0 aromatic carbocycles. The van der Waals surface area contributed by atoms with Crippen LogP contribution in [-0.2, 0) is 18.3 Å². The van der Waals surface area contributed by atoms with Gasteiger partial charge in [0, 0.05) is 56.5 Å². The molecule has 0 spiro atoms. The molecular weight excluding hydrogens is 358 g/mol. The lowest BCUT2D eigenvalue weighted by Crippen LogP contribution is -2.38. The molecule has 0 N–H and O–H groups in total. The Balaban J connectivity index is 1.32. The fourth-order valence-electron chi connectivity index (χ4n) is 3.84. The standard InChI is InChI=1S/C20H25N5O3/c1-3-27-17-13-15(28-23-17)6-7-18(26)25-11-8-14(9-12-25)19-16-5-4-10-21-20(16)24(2)22-19/h4-5,10,13-14H,3,6-9,11-12H2,1-2H3. The minimum Gasteiger partial charge on any atom is -0.476 e. The molecule has 1 amide bonds. The van der Waals surface area contributed by atoms with Crippen molar-refractivity contribution in [1.29, 1.82) is 0 Å². The lowest BCUT2D eigenvalue weighted by atomic mass is 9.92. The maximum Gasteiger partial charge on any atom is 0.254 e. The summed E-state index contributed by atoms with van der Waals surface area (Å²) in [7, 11) is 1.93. The first kappa shape index (κ1) is 18.5. The number of aromatic nitrogens is 4. The van der Waals surface area contributed by atoms with Crippen LogP contribution in [0, 0.1) is 0 Å². The third kappa shape index (κ3) is 3.72. The molecule has 4 heterocycles. The lowest BCUT2D eigenvalue weighted by Gasteiger charge is -2.31. The molecule has 4 rings (SSSR count). The Morgan fingerprint density at radius 3 is 2.96 bits per heavy atom. The number of likely N-dealkylation sites (tertiary alicyclic amines) is 1. The topological polar surface area (TPSA) is 86.3 Å². The molecule has 0 unspecified atom stereocenters. The average molecular weight is 383 g/mol. The smallest absolute Gasteiger partial charge is 0.254 e. The predicted molar refractivity (Wildman–Crippen MR) is 103 cm³/mol. The Labute approximate surface area is 163 Å². The summed E-state index contributed by atoms with van der Waals surface area (Å²) < 4.78 is 12.3. The summed E-state index contributed by atoms with van der Waals surface area (Å²) in [5.41, 5.74) is 2.01. The molecule has 1 saturated heterocycles. The molecule has 1 aliphatic heterocycles. The fraction of sp³-hybridized carbons (Fsp3) is 0.500. The van der Waals surface area contributed by atoms with E-state index in [1.807, 2.05) is 29.6 Å². The van der Waals surface area contributed by atoms with Gasteiger partial charge in [0.2, 0.25) is 5.91 Å². The van der Waals surface area contributed by atoms with E-state index >= 15 is 0 Å². The first-order valence-electron chi connectivity index (χ1n) is 9.79. The summed E-state index contributed by atoms with van der Waals surface area (Å²) in [6, 6.07) is 5.78. The van der Waals surface area contributed by atoms with Crippen molar-refractivity contribution in [1.82, 2.24) is 24.8 Å². The Kier molecular flexibility index (Phi) is 5.27. The normalized spacial score (nSPS) is 15.3. The quantitative estimate of drug-likeness (QED) is 0.650. The van der Waals surface area contributed by atoms with Gasteiger partial charge in [-0.15, -0.1) is 0 Å². The Morgan fingerprint density at radius 2 is 2.18 bits per heavy atom. The Hall–Kier alpha value is -2.90. The van der Waals surface area contributed by atoms with E-state index in [4.69, 9.17) is 14.4 Å². The first-order valence-corrected chi connectivity index (χ1v) is 9.79. The molecule has 8 heteroatoms. The molecule has 28 heavy (non-hydrogen) atoms. The number of aryl methyl sites for hydroxylation is 2. The number of piperidine rings is 1. The monoisotopic (exact) mass is 383 g/mol. The van der Waals surface area contributed by atoms with Gasteiger partial charge in [0.1, 0.15) is 5.76 Å². The zero-order valence-corrected chi connectivity index (χ0v) is 16.3. The van der Waals surface area contributed by atoms with Gasteiger partial charge in [-0.1, -0.05) is 0 Å². The van der Waals surface area contributed by atoms with Crippen molar-refractivity contribution in [2.45, 2.75) is 38.5 Å². The van der Waals surface area contributed by atoms with Gasteiger partial charge in [-0.3, -0.25) is 9.48 Å². The summed E-state index contributed by atoms with van der Waals surface area (Å²) in [5, 5.41) is 9.64. The molecule has 148 valence electrons. The Bertz CT molecular complexity index is 956. The number of pyridine rings is 1. The van der Waals surface area contributed by atoms with Crippen molar-refractivity contribution in [2.24, 2.45) is 7.05 Å². The van der Waals surface area contributed by atoms with Gasteiger partial charge in [0.25, 0.3) is 5.88 Å².